The summed E-state index contributed by atoms with van der Waals surface area (Å²) in [7, 11) is 0. The van der Waals surface area contributed by atoms with Crippen LogP contribution in [0.4, 0.5) is 0 Å². The molecule has 3 fully saturated rings. The van der Waals surface area contributed by atoms with E-state index in [9.17, 15) is 0 Å². The Morgan fingerprint density at radius 3 is 2.67 bits per heavy atom. The van der Waals surface area contributed by atoms with Gasteiger partial charge in [-0.15, -0.1) is 0 Å². The second-order valence-electron chi connectivity index (χ2n) is 13.1. The third-order valence-corrected chi connectivity index (χ3v) is 11.3. The maximum absolute atomic E-state index is 7.56. The van der Waals surface area contributed by atoms with Crippen LogP contribution in [0.1, 0.15) is 90.5 Å². The van der Waals surface area contributed by atoms with E-state index in [0.29, 0.717) is 23.9 Å². The summed E-state index contributed by atoms with van der Waals surface area (Å²) < 4.78 is 7.56. The Hall–Kier alpha value is -1.90. The Morgan fingerprint density at radius 2 is 1.86 bits per heavy atom. The third-order valence-electron chi connectivity index (χ3n) is 11.3. The molecule has 0 N–H and O–H groups in total. The molecule has 2 aliphatic heterocycles. The zero-order valence-electron chi connectivity index (χ0n) is 22.7. The summed E-state index contributed by atoms with van der Waals surface area (Å²) in [6.07, 6.45) is 15.1. The van der Waals surface area contributed by atoms with Crippen molar-refractivity contribution >= 4 is 10.8 Å². The summed E-state index contributed by atoms with van der Waals surface area (Å²) in [5, 5.41) is 2.73. The molecule has 0 radical (unpaired) electrons. The van der Waals surface area contributed by atoms with Gasteiger partial charge in [0.05, 0.1) is 11.2 Å². The van der Waals surface area contributed by atoms with Crippen molar-refractivity contribution in [2.24, 2.45) is 11.3 Å². The molecule has 2 bridgehead atoms. The van der Waals surface area contributed by atoms with E-state index in [2.05, 4.69) is 87.2 Å². The number of nitrogens with zero attached hydrogens (tertiary/aromatic N) is 1. The third kappa shape index (κ3) is 3.10. The van der Waals surface area contributed by atoms with Gasteiger partial charge in [0, 0.05) is 12.1 Å². The number of fused-ring (bicyclic) bond motifs is 2. The predicted molar refractivity (Wildman–Crippen MR) is 149 cm³/mol. The summed E-state index contributed by atoms with van der Waals surface area (Å²) in [6.45, 7) is 10.8. The summed E-state index contributed by atoms with van der Waals surface area (Å²) in [5.41, 5.74) is 4.90. The number of rotatable bonds is 4. The van der Waals surface area contributed by atoms with Gasteiger partial charge >= 0.3 is 0 Å². The minimum absolute atomic E-state index is 0.0121. The monoisotopic (exact) mass is 481 g/mol. The number of benzene rings is 2. The second kappa shape index (κ2) is 8.05. The largest absolute Gasteiger partial charge is 0.359 e. The van der Waals surface area contributed by atoms with Crippen LogP contribution in [0.3, 0.4) is 0 Å². The van der Waals surface area contributed by atoms with Gasteiger partial charge in [0.15, 0.2) is 0 Å². The van der Waals surface area contributed by atoms with Crippen LogP contribution in [-0.4, -0.2) is 34.7 Å². The average molecular weight is 482 g/mol. The van der Waals surface area contributed by atoms with Crippen LogP contribution in [0.5, 0.6) is 0 Å². The molecule has 2 aromatic rings. The van der Waals surface area contributed by atoms with Gasteiger partial charge in [0.2, 0.25) is 0 Å². The van der Waals surface area contributed by atoms with Crippen molar-refractivity contribution in [1.29, 1.82) is 0 Å². The van der Waals surface area contributed by atoms with E-state index in [1.165, 1.54) is 62.1 Å². The van der Waals surface area contributed by atoms with Crippen molar-refractivity contribution in [3.05, 3.63) is 71.3 Å². The molecule has 190 valence electrons. The maximum atomic E-state index is 7.56. The van der Waals surface area contributed by atoms with Gasteiger partial charge in [-0.3, -0.25) is 4.90 Å². The molecular formula is C34H43NO. The van der Waals surface area contributed by atoms with Crippen LogP contribution in [-0.2, 0) is 4.74 Å². The van der Waals surface area contributed by atoms with Crippen LogP contribution in [0.15, 0.2) is 65.8 Å². The highest BCUT2D eigenvalue weighted by Crippen LogP contribution is 2.69. The van der Waals surface area contributed by atoms with Crippen LogP contribution in [0, 0.1) is 11.3 Å². The smallest absolute Gasteiger partial charge is 0.0974 e. The van der Waals surface area contributed by atoms with Gasteiger partial charge in [-0.1, -0.05) is 68.5 Å². The number of ether oxygens (including phenoxy) is 1. The Balaban J connectivity index is 1.24. The van der Waals surface area contributed by atoms with Gasteiger partial charge in [0.1, 0.15) is 0 Å². The Morgan fingerprint density at radius 1 is 1.03 bits per heavy atom. The zero-order chi connectivity index (χ0) is 24.7. The number of hydrogen-bond donors (Lipinski definition) is 0. The van der Waals surface area contributed by atoms with Crippen LogP contribution in [0.25, 0.3) is 10.8 Å². The first-order valence-electron chi connectivity index (χ1n) is 14.7. The molecular weight excluding hydrogens is 438 g/mol. The molecule has 0 aromatic heterocycles. The summed E-state index contributed by atoms with van der Waals surface area (Å²) in [4.78, 5) is 2.72. The quantitative estimate of drug-likeness (QED) is 0.436. The summed E-state index contributed by atoms with van der Waals surface area (Å²) in [5.74, 6) is 1.23. The van der Waals surface area contributed by atoms with Crippen molar-refractivity contribution in [1.82, 2.24) is 4.90 Å². The van der Waals surface area contributed by atoms with E-state index in [1.807, 2.05) is 0 Å². The topological polar surface area (TPSA) is 12.5 Å². The lowest BCUT2D eigenvalue weighted by atomic mass is 9.58. The fourth-order valence-electron chi connectivity index (χ4n) is 9.68. The highest BCUT2D eigenvalue weighted by Gasteiger charge is 2.66. The molecule has 2 spiro atoms. The fourth-order valence-corrected chi connectivity index (χ4v) is 9.68. The zero-order valence-corrected chi connectivity index (χ0v) is 22.7. The molecule has 2 nitrogen and oxygen atoms in total. The average Bonchev–Trinajstić information content (AvgIpc) is 3.39. The van der Waals surface area contributed by atoms with Gasteiger partial charge in [-0.05, 0) is 116 Å². The standard InChI is InChI=1S/C34H43NO/c1-5-35(23(2)3)29-13-12-27-21-28-16-17-32(4)30(26-11-10-24-8-6-7-9-25(24)20-26)14-15-31(32)34(28)19-18-33(27,22-29)36-34/h6-11,16,20-21,23,29-31H,5,12-15,17-19,22H2,1-4H3/t29-,30?,31-,32-,33-,34?/m1/s1. The molecule has 5 aliphatic rings. The summed E-state index contributed by atoms with van der Waals surface area (Å²) >= 11 is 0. The lowest BCUT2D eigenvalue weighted by Gasteiger charge is -2.55. The van der Waals surface area contributed by atoms with E-state index >= 15 is 0 Å². The molecule has 7 rings (SSSR count). The van der Waals surface area contributed by atoms with Gasteiger partial charge in [-0.2, -0.15) is 0 Å². The van der Waals surface area contributed by atoms with Crippen molar-refractivity contribution in [3.8, 4) is 0 Å². The predicted octanol–water partition coefficient (Wildman–Crippen LogP) is 8.18. The van der Waals surface area contributed by atoms with Crippen LogP contribution >= 0.6 is 0 Å². The lowest BCUT2D eigenvalue weighted by Crippen LogP contribution is -2.56. The fraction of sp³-hybridized carbons (Fsp3) is 0.588. The van der Waals surface area contributed by atoms with Gasteiger partial charge in [0.25, 0.3) is 0 Å². The van der Waals surface area contributed by atoms with E-state index in [-0.39, 0.29) is 16.6 Å². The Bertz CT molecular complexity index is 1260. The lowest BCUT2D eigenvalue weighted by molar-refractivity contribution is -0.141. The van der Waals surface area contributed by atoms with Crippen molar-refractivity contribution < 1.29 is 4.74 Å². The minimum Gasteiger partial charge on any atom is -0.359 e. The highest BCUT2D eigenvalue weighted by molar-refractivity contribution is 5.83. The molecule has 2 saturated carbocycles. The van der Waals surface area contributed by atoms with E-state index in [1.54, 1.807) is 16.7 Å². The number of allylic oxidation sites excluding steroid dienone is 1. The highest BCUT2D eigenvalue weighted by atomic mass is 16.5. The van der Waals surface area contributed by atoms with Gasteiger partial charge in [-0.25, -0.2) is 0 Å². The molecule has 2 heterocycles. The van der Waals surface area contributed by atoms with Crippen molar-refractivity contribution in [3.63, 3.8) is 0 Å². The first-order chi connectivity index (χ1) is 17.4. The molecule has 2 unspecified atom stereocenters. The molecule has 36 heavy (non-hydrogen) atoms. The molecule has 2 heteroatoms. The van der Waals surface area contributed by atoms with Crippen molar-refractivity contribution in [2.75, 3.05) is 6.54 Å². The number of hydrogen-bond acceptors (Lipinski definition) is 2. The maximum Gasteiger partial charge on any atom is 0.0974 e. The van der Waals surface area contributed by atoms with Crippen LogP contribution in [0.2, 0.25) is 0 Å². The van der Waals surface area contributed by atoms with Crippen molar-refractivity contribution in [2.45, 2.75) is 108 Å². The van der Waals surface area contributed by atoms with E-state index < -0.39 is 0 Å². The first-order valence-corrected chi connectivity index (χ1v) is 14.7. The minimum atomic E-state index is -0.0567. The Labute approximate surface area is 217 Å². The Kier molecular flexibility index (Phi) is 5.19. The van der Waals surface area contributed by atoms with E-state index in [4.69, 9.17) is 4.74 Å². The molecule has 1 saturated heterocycles. The molecule has 6 atom stereocenters. The van der Waals surface area contributed by atoms with Crippen LogP contribution < -0.4 is 0 Å². The molecule has 0 amide bonds. The molecule has 2 aromatic carbocycles. The summed E-state index contributed by atoms with van der Waals surface area (Å²) in [6, 6.07) is 17.3. The first kappa shape index (κ1) is 23.2. The second-order valence-corrected chi connectivity index (χ2v) is 13.1. The van der Waals surface area contributed by atoms with E-state index in [0.717, 1.165) is 6.54 Å². The van der Waals surface area contributed by atoms with Gasteiger partial charge < -0.3 is 4.74 Å². The SMILES string of the molecule is CCN(C(C)C)[C@@H]1CCC2=CC3=CC[C@]4(C)C(c5ccc6ccccc6c5)CC[C@H]4C34CC[C@]2(C1)O4. The normalized spacial score (nSPS) is 39.1. The molecule has 3 aliphatic carbocycles.